The zero-order valence-corrected chi connectivity index (χ0v) is 12.3. The lowest BCUT2D eigenvalue weighted by molar-refractivity contribution is 0.317. The van der Waals surface area contributed by atoms with Gasteiger partial charge in [-0.2, -0.15) is 0 Å². The maximum Gasteiger partial charge on any atom is 0.178 e. The molecule has 0 saturated heterocycles. The standard InChI is InChI=1S/C16H23OS/c1-16(2,12-13-6-4-3-5-7-13)18-15-10-8-14(17)9-11-15/h8-11,13H,3-7,12H2,1-2H3. The van der Waals surface area contributed by atoms with E-state index < -0.39 is 0 Å². The van der Waals surface area contributed by atoms with Gasteiger partial charge < -0.3 is 0 Å². The van der Waals surface area contributed by atoms with Gasteiger partial charge in [0, 0.05) is 9.64 Å². The highest BCUT2D eigenvalue weighted by Gasteiger charge is 2.25. The van der Waals surface area contributed by atoms with Crippen LogP contribution in [0.15, 0.2) is 29.2 Å². The first-order chi connectivity index (χ1) is 8.55. The van der Waals surface area contributed by atoms with E-state index in [-0.39, 0.29) is 10.5 Å². The minimum absolute atomic E-state index is 0.101. The zero-order chi connectivity index (χ0) is 13.0. The van der Waals surface area contributed by atoms with Crippen LogP contribution in [0.5, 0.6) is 5.75 Å². The molecule has 0 bridgehead atoms. The summed E-state index contributed by atoms with van der Waals surface area (Å²) in [5, 5.41) is 11.1. The van der Waals surface area contributed by atoms with Gasteiger partial charge in [0.25, 0.3) is 0 Å². The maximum absolute atomic E-state index is 11.1. The lowest BCUT2D eigenvalue weighted by atomic mass is 9.83. The Bertz CT molecular complexity index is 363. The number of benzene rings is 1. The molecule has 2 heteroatoms. The summed E-state index contributed by atoms with van der Waals surface area (Å²) in [4.78, 5) is 1.22. The molecule has 0 aliphatic heterocycles. The molecule has 0 N–H and O–H groups in total. The van der Waals surface area contributed by atoms with Crippen molar-refractivity contribution in [3.05, 3.63) is 24.3 Å². The molecule has 1 aliphatic rings. The summed E-state index contributed by atoms with van der Waals surface area (Å²) in [6, 6.07) is 7.24. The third-order valence-electron chi connectivity index (χ3n) is 3.72. The highest BCUT2D eigenvalue weighted by molar-refractivity contribution is 8.00. The molecule has 2 rings (SSSR count). The zero-order valence-electron chi connectivity index (χ0n) is 11.4. The van der Waals surface area contributed by atoms with Gasteiger partial charge >= 0.3 is 0 Å². The normalized spacial score (nSPS) is 17.9. The van der Waals surface area contributed by atoms with Crippen LogP contribution in [0.3, 0.4) is 0 Å². The molecule has 18 heavy (non-hydrogen) atoms. The smallest absolute Gasteiger partial charge is 0.178 e. The average molecular weight is 263 g/mol. The van der Waals surface area contributed by atoms with Crippen LogP contribution in [0, 0.1) is 5.92 Å². The van der Waals surface area contributed by atoms with Crippen LogP contribution in [-0.4, -0.2) is 4.75 Å². The summed E-state index contributed by atoms with van der Waals surface area (Å²) in [6.45, 7) is 4.66. The molecule has 1 aliphatic carbocycles. The van der Waals surface area contributed by atoms with Crippen LogP contribution in [0.1, 0.15) is 52.4 Å². The Kier molecular flexibility index (Phi) is 4.60. The monoisotopic (exact) mass is 263 g/mol. The fraction of sp³-hybridized carbons (Fsp3) is 0.625. The summed E-state index contributed by atoms with van der Waals surface area (Å²) < 4.78 is 0.270. The van der Waals surface area contributed by atoms with Gasteiger partial charge in [-0.1, -0.05) is 46.0 Å². The van der Waals surface area contributed by atoms with Crippen molar-refractivity contribution in [2.75, 3.05) is 0 Å². The number of hydrogen-bond donors (Lipinski definition) is 0. The van der Waals surface area contributed by atoms with Crippen molar-refractivity contribution in [2.24, 2.45) is 5.92 Å². The largest absolute Gasteiger partial charge is 0.290 e. The van der Waals surface area contributed by atoms with Gasteiger partial charge in [-0.3, -0.25) is 5.11 Å². The molecular formula is C16H23OS. The highest BCUT2D eigenvalue weighted by atomic mass is 32.2. The van der Waals surface area contributed by atoms with E-state index in [0.29, 0.717) is 0 Å². The Labute approximate surface area is 115 Å². The first-order valence-electron chi connectivity index (χ1n) is 7.01. The second-order valence-electron chi connectivity index (χ2n) is 6.04. The van der Waals surface area contributed by atoms with E-state index in [1.807, 2.05) is 23.9 Å². The summed E-state index contributed by atoms with van der Waals surface area (Å²) in [6.07, 6.45) is 8.35. The van der Waals surface area contributed by atoms with Crippen molar-refractivity contribution < 1.29 is 5.11 Å². The molecule has 1 nitrogen and oxygen atoms in total. The van der Waals surface area contributed by atoms with Crippen molar-refractivity contribution in [3.63, 3.8) is 0 Å². The lowest BCUT2D eigenvalue weighted by Crippen LogP contribution is -2.21. The van der Waals surface area contributed by atoms with Crippen molar-refractivity contribution in [3.8, 4) is 5.75 Å². The number of hydrogen-bond acceptors (Lipinski definition) is 1. The topological polar surface area (TPSA) is 19.9 Å². The molecular weight excluding hydrogens is 240 g/mol. The van der Waals surface area contributed by atoms with Crippen molar-refractivity contribution >= 4 is 11.8 Å². The van der Waals surface area contributed by atoms with Crippen LogP contribution in [-0.2, 0) is 5.11 Å². The van der Waals surface area contributed by atoms with Gasteiger partial charge in [-0.25, -0.2) is 0 Å². The summed E-state index contributed by atoms with van der Waals surface area (Å²) in [5.74, 6) is 1.00. The van der Waals surface area contributed by atoms with Gasteiger partial charge in [-0.05, 0) is 36.6 Å². The SMILES string of the molecule is CC(C)(CC1CCCCC1)Sc1ccc([O])cc1. The molecule has 0 spiro atoms. The summed E-state index contributed by atoms with van der Waals surface area (Å²) in [5.41, 5.74) is 0. The summed E-state index contributed by atoms with van der Waals surface area (Å²) >= 11 is 1.91. The maximum atomic E-state index is 11.1. The molecule has 1 fully saturated rings. The Morgan fingerprint density at radius 2 is 1.72 bits per heavy atom. The highest BCUT2D eigenvalue weighted by Crippen LogP contribution is 2.40. The van der Waals surface area contributed by atoms with E-state index in [0.717, 1.165) is 5.92 Å². The molecule has 0 atom stereocenters. The van der Waals surface area contributed by atoms with Crippen LogP contribution in [0.2, 0.25) is 0 Å². The van der Waals surface area contributed by atoms with Crippen molar-refractivity contribution in [1.82, 2.24) is 0 Å². The van der Waals surface area contributed by atoms with Gasteiger partial charge in [-0.15, -0.1) is 11.8 Å². The quantitative estimate of drug-likeness (QED) is 0.640. The van der Waals surface area contributed by atoms with E-state index in [1.54, 1.807) is 12.1 Å². The van der Waals surface area contributed by atoms with Crippen LogP contribution >= 0.6 is 11.8 Å². The van der Waals surface area contributed by atoms with E-state index in [4.69, 9.17) is 0 Å². The summed E-state index contributed by atoms with van der Waals surface area (Å²) in [7, 11) is 0. The number of rotatable bonds is 4. The molecule has 0 aromatic heterocycles. The molecule has 1 aromatic rings. The van der Waals surface area contributed by atoms with Gasteiger partial charge in [0.05, 0.1) is 0 Å². The van der Waals surface area contributed by atoms with Crippen LogP contribution in [0.25, 0.3) is 0 Å². The first-order valence-corrected chi connectivity index (χ1v) is 7.83. The van der Waals surface area contributed by atoms with E-state index in [1.165, 1.54) is 43.4 Å². The predicted molar refractivity (Wildman–Crippen MR) is 77.7 cm³/mol. The molecule has 1 radical (unpaired) electrons. The molecule has 1 saturated carbocycles. The van der Waals surface area contributed by atoms with Gasteiger partial charge in [0.15, 0.2) is 5.75 Å². The second-order valence-corrected chi connectivity index (χ2v) is 7.82. The average Bonchev–Trinajstić information content (AvgIpc) is 2.32. The lowest BCUT2D eigenvalue weighted by Gasteiger charge is -2.31. The fourth-order valence-corrected chi connectivity index (χ4v) is 4.18. The van der Waals surface area contributed by atoms with Crippen molar-refractivity contribution in [2.45, 2.75) is 62.0 Å². The minimum atomic E-state index is 0.101. The fourth-order valence-electron chi connectivity index (χ4n) is 2.95. The van der Waals surface area contributed by atoms with E-state index in [2.05, 4.69) is 13.8 Å². The second kappa shape index (κ2) is 6.01. The van der Waals surface area contributed by atoms with Crippen LogP contribution < -0.4 is 0 Å². The minimum Gasteiger partial charge on any atom is -0.290 e. The Morgan fingerprint density at radius 3 is 2.33 bits per heavy atom. The van der Waals surface area contributed by atoms with E-state index >= 15 is 0 Å². The molecule has 99 valence electrons. The molecule has 0 amide bonds. The molecule has 0 unspecified atom stereocenters. The predicted octanol–water partition coefficient (Wildman–Crippen LogP) is 5.67. The molecule has 1 aromatic carbocycles. The third kappa shape index (κ3) is 4.24. The Hall–Kier alpha value is -0.630. The van der Waals surface area contributed by atoms with Gasteiger partial charge in [0.1, 0.15) is 0 Å². The van der Waals surface area contributed by atoms with Gasteiger partial charge in [0.2, 0.25) is 0 Å². The first kappa shape index (κ1) is 13.8. The number of thioether (sulfide) groups is 1. The van der Waals surface area contributed by atoms with Crippen LogP contribution in [0.4, 0.5) is 0 Å². The van der Waals surface area contributed by atoms with Crippen molar-refractivity contribution in [1.29, 1.82) is 0 Å². The third-order valence-corrected chi connectivity index (χ3v) is 4.95. The van der Waals surface area contributed by atoms with E-state index in [9.17, 15) is 5.11 Å². The molecule has 0 heterocycles. The Morgan fingerprint density at radius 1 is 1.11 bits per heavy atom. The Balaban J connectivity index is 1.91.